The van der Waals surface area contributed by atoms with Gasteiger partial charge in [0.2, 0.25) is 11.7 Å². The number of carbonyl (C=O) groups excluding carboxylic acids is 1. The fourth-order valence-electron chi connectivity index (χ4n) is 3.73. The molecule has 0 aliphatic rings. The largest absolute Gasteiger partial charge is 0.504 e. The van der Waals surface area contributed by atoms with Crippen molar-refractivity contribution in [3.05, 3.63) is 75.3 Å². The smallest absolute Gasteiger partial charge is 0.310 e. The van der Waals surface area contributed by atoms with Gasteiger partial charge in [-0.2, -0.15) is 0 Å². The van der Waals surface area contributed by atoms with Crippen LogP contribution >= 0.6 is 0 Å². The maximum absolute atomic E-state index is 12.8. The van der Waals surface area contributed by atoms with Crippen LogP contribution in [0.1, 0.15) is 16.7 Å². The van der Waals surface area contributed by atoms with Crippen molar-refractivity contribution in [2.45, 2.75) is 0 Å². The summed E-state index contributed by atoms with van der Waals surface area (Å²) in [6.07, 6.45) is 6.22. The first-order valence-electron chi connectivity index (χ1n) is 11.5. The minimum Gasteiger partial charge on any atom is -0.504 e. The molecule has 1 amide bonds. The van der Waals surface area contributed by atoms with Crippen molar-refractivity contribution < 1.29 is 38.5 Å². The number of phenolic OH excluding ortho intramolecular Hbond substituents is 1. The molecular weight excluding hydrogens is 508 g/mol. The minimum absolute atomic E-state index is 0.0661. The number of aromatic hydroxyl groups is 1. The number of hydrogen-bond acceptors (Lipinski definition) is 9. The van der Waals surface area contributed by atoms with Crippen molar-refractivity contribution in [1.29, 1.82) is 0 Å². The third-order valence-electron chi connectivity index (χ3n) is 5.59. The van der Waals surface area contributed by atoms with E-state index in [9.17, 15) is 20.0 Å². The summed E-state index contributed by atoms with van der Waals surface area (Å²) in [5.74, 6) is 0.842. The summed E-state index contributed by atoms with van der Waals surface area (Å²) in [5.41, 5.74) is 1.82. The number of nitro groups is 1. The predicted molar refractivity (Wildman–Crippen MR) is 147 cm³/mol. The van der Waals surface area contributed by atoms with Crippen molar-refractivity contribution >= 4 is 35.5 Å². The van der Waals surface area contributed by atoms with Crippen molar-refractivity contribution in [2.24, 2.45) is 0 Å². The Morgan fingerprint density at radius 1 is 0.795 bits per heavy atom. The van der Waals surface area contributed by atoms with E-state index in [1.165, 1.54) is 72.0 Å². The molecule has 0 aliphatic heterocycles. The van der Waals surface area contributed by atoms with E-state index < -0.39 is 10.8 Å². The van der Waals surface area contributed by atoms with E-state index in [1.807, 2.05) is 0 Å². The number of phenols is 1. The van der Waals surface area contributed by atoms with Gasteiger partial charge in [-0.05, 0) is 53.6 Å². The van der Waals surface area contributed by atoms with Gasteiger partial charge in [-0.1, -0.05) is 12.2 Å². The first-order chi connectivity index (χ1) is 18.8. The Morgan fingerprint density at radius 2 is 1.41 bits per heavy atom. The Morgan fingerprint density at radius 3 is 1.97 bits per heavy atom. The lowest BCUT2D eigenvalue weighted by Gasteiger charge is -2.14. The Balaban J connectivity index is 1.92. The van der Waals surface area contributed by atoms with Gasteiger partial charge in [-0.25, -0.2) is 0 Å². The van der Waals surface area contributed by atoms with Gasteiger partial charge >= 0.3 is 5.69 Å². The average molecular weight is 537 g/mol. The zero-order valence-electron chi connectivity index (χ0n) is 22.0. The average Bonchev–Trinajstić information content (AvgIpc) is 2.94. The third-order valence-corrected chi connectivity index (χ3v) is 5.59. The molecular formula is C28H28N2O9. The number of nitro benzene ring substituents is 1. The normalized spacial score (nSPS) is 10.9. The first-order valence-corrected chi connectivity index (χ1v) is 11.5. The number of benzene rings is 3. The molecule has 204 valence electrons. The van der Waals surface area contributed by atoms with Crippen molar-refractivity contribution in [1.82, 2.24) is 0 Å². The van der Waals surface area contributed by atoms with Crippen LogP contribution in [0.2, 0.25) is 0 Å². The molecule has 3 rings (SSSR count). The lowest BCUT2D eigenvalue weighted by atomic mass is 10.1. The van der Waals surface area contributed by atoms with Crippen LogP contribution in [0.25, 0.3) is 18.2 Å². The number of methoxy groups -OCH3 is 5. The second-order valence-electron chi connectivity index (χ2n) is 7.89. The lowest BCUT2D eigenvalue weighted by Crippen LogP contribution is -2.10. The van der Waals surface area contributed by atoms with Gasteiger partial charge in [0, 0.05) is 17.7 Å². The molecule has 0 radical (unpaired) electrons. The summed E-state index contributed by atoms with van der Waals surface area (Å²) >= 11 is 0. The summed E-state index contributed by atoms with van der Waals surface area (Å²) in [6, 6.07) is 10.8. The van der Waals surface area contributed by atoms with Crippen LogP contribution in [0.4, 0.5) is 11.4 Å². The van der Waals surface area contributed by atoms with Crippen LogP contribution in [-0.4, -0.2) is 51.5 Å². The quantitative estimate of drug-likeness (QED) is 0.147. The molecule has 0 aliphatic carbocycles. The van der Waals surface area contributed by atoms with Gasteiger partial charge in [0.05, 0.1) is 46.2 Å². The molecule has 2 N–H and O–H groups in total. The highest BCUT2D eigenvalue weighted by Crippen LogP contribution is 2.40. The molecule has 0 bridgehead atoms. The Kier molecular flexibility index (Phi) is 9.36. The zero-order chi connectivity index (χ0) is 28.5. The van der Waals surface area contributed by atoms with E-state index in [0.29, 0.717) is 28.4 Å². The highest BCUT2D eigenvalue weighted by Gasteiger charge is 2.17. The van der Waals surface area contributed by atoms with E-state index in [-0.39, 0.29) is 28.6 Å². The number of nitrogens with zero attached hydrogens (tertiary/aromatic N) is 1. The molecule has 0 aromatic heterocycles. The van der Waals surface area contributed by atoms with Crippen LogP contribution in [0.3, 0.4) is 0 Å². The summed E-state index contributed by atoms with van der Waals surface area (Å²) in [7, 11) is 7.24. The molecule has 3 aromatic rings. The summed E-state index contributed by atoms with van der Waals surface area (Å²) in [4.78, 5) is 23.4. The van der Waals surface area contributed by atoms with E-state index in [0.717, 1.165) is 5.56 Å². The molecule has 0 fully saturated rings. The fourth-order valence-corrected chi connectivity index (χ4v) is 3.73. The summed E-state index contributed by atoms with van der Waals surface area (Å²) < 4.78 is 26.6. The maximum atomic E-state index is 12.8. The number of rotatable bonds is 11. The topological polar surface area (TPSA) is 139 Å². The molecule has 0 saturated carbocycles. The highest BCUT2D eigenvalue weighted by molar-refractivity contribution is 6.04. The molecule has 0 saturated heterocycles. The van der Waals surface area contributed by atoms with Crippen LogP contribution in [0.15, 0.2) is 48.5 Å². The first kappa shape index (κ1) is 28.4. The number of carbonyl (C=O) groups is 1. The van der Waals surface area contributed by atoms with Gasteiger partial charge in [-0.15, -0.1) is 0 Å². The second-order valence-corrected chi connectivity index (χ2v) is 7.89. The van der Waals surface area contributed by atoms with Gasteiger partial charge in [-0.3, -0.25) is 14.9 Å². The zero-order valence-corrected chi connectivity index (χ0v) is 22.0. The SMILES string of the molecule is COc1cc(/C=C/C(=O)Nc2c(C=Cc3cc(OC)c(OC)c(OC)c3)ccc(O)c2OC)ccc1[N+](=O)[O-]. The molecule has 0 atom stereocenters. The molecule has 11 nitrogen and oxygen atoms in total. The van der Waals surface area contributed by atoms with E-state index in [1.54, 1.807) is 30.4 Å². The Labute approximate surface area is 225 Å². The number of amides is 1. The summed E-state index contributed by atoms with van der Waals surface area (Å²) in [5, 5.41) is 24.1. The van der Waals surface area contributed by atoms with E-state index in [4.69, 9.17) is 23.7 Å². The predicted octanol–water partition coefficient (Wildman–Crippen LogP) is 5.17. The second kappa shape index (κ2) is 12.9. The van der Waals surface area contributed by atoms with Crippen molar-refractivity contribution in [3.63, 3.8) is 0 Å². The molecule has 3 aromatic carbocycles. The Bertz CT molecular complexity index is 1410. The van der Waals surface area contributed by atoms with Crippen molar-refractivity contribution in [3.8, 4) is 34.5 Å². The molecule has 39 heavy (non-hydrogen) atoms. The number of nitrogens with one attached hydrogen (secondary N) is 1. The lowest BCUT2D eigenvalue weighted by molar-refractivity contribution is -0.385. The number of ether oxygens (including phenoxy) is 5. The third kappa shape index (κ3) is 6.58. The molecule has 0 unspecified atom stereocenters. The van der Waals surface area contributed by atoms with Crippen molar-refractivity contribution in [2.75, 3.05) is 40.9 Å². The minimum atomic E-state index is -0.555. The monoisotopic (exact) mass is 536 g/mol. The van der Waals surface area contributed by atoms with Crippen LogP contribution in [0.5, 0.6) is 34.5 Å². The van der Waals surface area contributed by atoms with E-state index in [2.05, 4.69) is 5.32 Å². The van der Waals surface area contributed by atoms with Gasteiger partial charge < -0.3 is 34.1 Å². The van der Waals surface area contributed by atoms with Gasteiger partial charge in [0.1, 0.15) is 0 Å². The standard InChI is InChI=1S/C28H28N2O9/c1-35-22-14-17(7-11-20(22)30(33)34)8-13-25(32)29-26-19(10-12-21(31)27(26)38-4)9-6-18-15-23(36-2)28(39-5)24(16-18)37-3/h6-16,31H,1-5H3,(H,29,32)/b9-6?,13-8+. The maximum Gasteiger partial charge on any atom is 0.310 e. The van der Waals surface area contributed by atoms with E-state index >= 15 is 0 Å². The molecule has 0 spiro atoms. The van der Waals surface area contributed by atoms with Gasteiger partial charge in [0.25, 0.3) is 0 Å². The Hall–Kier alpha value is -5.19. The van der Waals surface area contributed by atoms with Crippen LogP contribution in [0, 0.1) is 10.1 Å². The fraction of sp³-hybridized carbons (Fsp3) is 0.179. The highest BCUT2D eigenvalue weighted by atomic mass is 16.6. The van der Waals surface area contributed by atoms with Crippen LogP contribution < -0.4 is 29.0 Å². The summed E-state index contributed by atoms with van der Waals surface area (Å²) in [6.45, 7) is 0. The van der Waals surface area contributed by atoms with Gasteiger partial charge in [0.15, 0.2) is 28.7 Å². The number of hydrogen-bond donors (Lipinski definition) is 2. The number of anilines is 1. The molecule has 11 heteroatoms. The molecule has 0 heterocycles. The van der Waals surface area contributed by atoms with Crippen LogP contribution in [-0.2, 0) is 4.79 Å².